The van der Waals surface area contributed by atoms with E-state index in [1.54, 1.807) is 0 Å². The van der Waals surface area contributed by atoms with Crippen LogP contribution in [-0.2, 0) is 4.79 Å². The number of unbranched alkanes of at least 4 members (excludes halogenated alkanes) is 23. The van der Waals surface area contributed by atoms with Crippen LogP contribution in [0.1, 0.15) is 167 Å². The number of carbonyl (C=O) groups is 1. The zero-order valence-corrected chi connectivity index (χ0v) is 20.2. The molecule has 0 fully saturated rings. The van der Waals surface area contributed by atoms with Crippen LogP contribution in [0.4, 0.5) is 0 Å². The van der Waals surface area contributed by atoms with Crippen LogP contribution >= 0.6 is 0 Å². The molecule has 0 unspecified atom stereocenters. The summed E-state index contributed by atoms with van der Waals surface area (Å²) >= 11 is 0. The molecule has 0 aliphatic rings. The Morgan fingerprint density at radius 1 is 0.414 bits per heavy atom. The number of nitrogens with two attached hydrogens (primary N) is 1. The normalized spacial score (nSPS) is 11.2. The average molecular weight is 410 g/mol. The van der Waals surface area contributed by atoms with Gasteiger partial charge in [0.15, 0.2) is 0 Å². The van der Waals surface area contributed by atoms with E-state index in [1.165, 1.54) is 148 Å². The topological polar surface area (TPSA) is 43.1 Å². The van der Waals surface area contributed by atoms with Gasteiger partial charge in [0.2, 0.25) is 5.91 Å². The largest absolute Gasteiger partial charge is 0.370 e. The van der Waals surface area contributed by atoms with Crippen LogP contribution in [0.25, 0.3) is 0 Å². The molecule has 0 aliphatic heterocycles. The van der Waals surface area contributed by atoms with Crippen LogP contribution in [-0.4, -0.2) is 5.91 Å². The second-order valence-corrected chi connectivity index (χ2v) is 9.35. The minimum Gasteiger partial charge on any atom is -0.370 e. The molecule has 0 aromatic carbocycles. The van der Waals surface area contributed by atoms with Gasteiger partial charge in [-0.25, -0.2) is 0 Å². The van der Waals surface area contributed by atoms with E-state index in [1.807, 2.05) is 0 Å². The molecule has 0 atom stereocenters. The molecular weight excluding hydrogens is 354 g/mol. The quantitative estimate of drug-likeness (QED) is 0.150. The molecule has 0 aromatic rings. The van der Waals surface area contributed by atoms with Gasteiger partial charge in [-0.1, -0.05) is 155 Å². The van der Waals surface area contributed by atoms with E-state index in [0.29, 0.717) is 6.42 Å². The zero-order valence-electron chi connectivity index (χ0n) is 20.2. The molecule has 0 saturated carbocycles. The summed E-state index contributed by atoms with van der Waals surface area (Å²) in [5, 5.41) is 0. The molecule has 0 heterocycles. The van der Waals surface area contributed by atoms with Crippen molar-refractivity contribution in [2.45, 2.75) is 167 Å². The van der Waals surface area contributed by atoms with Gasteiger partial charge in [0.1, 0.15) is 0 Å². The van der Waals surface area contributed by atoms with E-state index < -0.39 is 0 Å². The Morgan fingerprint density at radius 3 is 0.828 bits per heavy atom. The minimum absolute atomic E-state index is 0.149. The lowest BCUT2D eigenvalue weighted by Gasteiger charge is -2.04. The molecule has 2 nitrogen and oxygen atoms in total. The van der Waals surface area contributed by atoms with E-state index in [0.717, 1.165) is 6.42 Å². The first-order chi connectivity index (χ1) is 14.3. The van der Waals surface area contributed by atoms with Gasteiger partial charge in [0, 0.05) is 6.42 Å². The van der Waals surface area contributed by atoms with Crippen LogP contribution in [0, 0.1) is 0 Å². The number of hydrogen-bond acceptors (Lipinski definition) is 1. The maximum atomic E-state index is 10.6. The predicted octanol–water partition coefficient (Wildman–Crippen LogP) is 9.24. The third kappa shape index (κ3) is 27.5. The molecule has 2 heteroatoms. The molecular formula is C27H55NO. The SMILES string of the molecule is CCCCCCCCCCCCCCCCCCCCCCCCCCC(N)=O. The van der Waals surface area contributed by atoms with Gasteiger partial charge in [-0.2, -0.15) is 0 Å². The first kappa shape index (κ1) is 28.5. The summed E-state index contributed by atoms with van der Waals surface area (Å²) in [7, 11) is 0. The summed E-state index contributed by atoms with van der Waals surface area (Å²) in [5.41, 5.74) is 5.15. The molecule has 0 aliphatic carbocycles. The molecule has 1 amide bonds. The smallest absolute Gasteiger partial charge is 0.217 e. The molecule has 2 N–H and O–H groups in total. The van der Waals surface area contributed by atoms with Gasteiger partial charge in [-0.3, -0.25) is 4.79 Å². The third-order valence-electron chi connectivity index (χ3n) is 6.28. The lowest BCUT2D eigenvalue weighted by molar-refractivity contribution is -0.118. The maximum Gasteiger partial charge on any atom is 0.217 e. The molecule has 0 radical (unpaired) electrons. The highest BCUT2D eigenvalue weighted by molar-refractivity contribution is 5.73. The van der Waals surface area contributed by atoms with Crippen molar-refractivity contribution >= 4 is 5.91 Å². The lowest BCUT2D eigenvalue weighted by atomic mass is 10.0. The van der Waals surface area contributed by atoms with Crippen molar-refractivity contribution in [1.82, 2.24) is 0 Å². The highest BCUT2D eigenvalue weighted by atomic mass is 16.1. The number of hydrogen-bond donors (Lipinski definition) is 1. The second-order valence-electron chi connectivity index (χ2n) is 9.35. The average Bonchev–Trinajstić information content (AvgIpc) is 2.71. The van der Waals surface area contributed by atoms with E-state index >= 15 is 0 Å². The summed E-state index contributed by atoms with van der Waals surface area (Å²) in [5.74, 6) is -0.149. The molecule has 29 heavy (non-hydrogen) atoms. The number of primary amides is 1. The highest BCUT2D eigenvalue weighted by Gasteiger charge is 1.97. The van der Waals surface area contributed by atoms with Crippen LogP contribution in [0.5, 0.6) is 0 Å². The van der Waals surface area contributed by atoms with Gasteiger partial charge in [0.05, 0.1) is 0 Å². The Hall–Kier alpha value is -0.530. The Balaban J connectivity index is 2.99. The van der Waals surface area contributed by atoms with E-state index in [9.17, 15) is 4.79 Å². The predicted molar refractivity (Wildman–Crippen MR) is 130 cm³/mol. The third-order valence-corrected chi connectivity index (χ3v) is 6.28. The highest BCUT2D eigenvalue weighted by Crippen LogP contribution is 2.15. The van der Waals surface area contributed by atoms with Crippen molar-refractivity contribution in [1.29, 1.82) is 0 Å². The fourth-order valence-corrected chi connectivity index (χ4v) is 4.26. The van der Waals surface area contributed by atoms with Gasteiger partial charge in [-0.15, -0.1) is 0 Å². The summed E-state index contributed by atoms with van der Waals surface area (Å²) < 4.78 is 0. The number of rotatable bonds is 25. The fraction of sp³-hybridized carbons (Fsp3) is 0.963. The molecule has 0 spiro atoms. The molecule has 0 rings (SSSR count). The van der Waals surface area contributed by atoms with E-state index in [4.69, 9.17) is 5.73 Å². The second kappa shape index (κ2) is 25.5. The maximum absolute atomic E-state index is 10.6. The number of amides is 1. The van der Waals surface area contributed by atoms with E-state index in [-0.39, 0.29) is 5.91 Å². The van der Waals surface area contributed by atoms with Crippen molar-refractivity contribution in [3.05, 3.63) is 0 Å². The van der Waals surface area contributed by atoms with Crippen LogP contribution in [0.15, 0.2) is 0 Å². The summed E-state index contributed by atoms with van der Waals surface area (Å²) in [6, 6.07) is 0. The van der Waals surface area contributed by atoms with Crippen LogP contribution < -0.4 is 5.73 Å². The van der Waals surface area contributed by atoms with Crippen molar-refractivity contribution in [2.75, 3.05) is 0 Å². The lowest BCUT2D eigenvalue weighted by Crippen LogP contribution is -2.09. The summed E-state index contributed by atoms with van der Waals surface area (Å²) in [6.07, 6.45) is 34.2. The minimum atomic E-state index is -0.149. The first-order valence-corrected chi connectivity index (χ1v) is 13.6. The van der Waals surface area contributed by atoms with Gasteiger partial charge in [-0.05, 0) is 6.42 Å². The fourth-order valence-electron chi connectivity index (χ4n) is 4.26. The summed E-state index contributed by atoms with van der Waals surface area (Å²) in [4.78, 5) is 10.6. The standard InChI is InChI=1S/C27H55NO/c1-2-3-4-5-6-7-8-9-10-11-12-13-14-15-16-17-18-19-20-21-22-23-24-25-26-27(28)29/h2-26H2,1H3,(H2,28,29). The van der Waals surface area contributed by atoms with Crippen molar-refractivity contribution in [3.63, 3.8) is 0 Å². The Kier molecular flexibility index (Phi) is 25.0. The van der Waals surface area contributed by atoms with Crippen molar-refractivity contribution in [3.8, 4) is 0 Å². The van der Waals surface area contributed by atoms with Crippen LogP contribution in [0.3, 0.4) is 0 Å². The molecule has 0 bridgehead atoms. The number of carbonyl (C=O) groups excluding carboxylic acids is 1. The van der Waals surface area contributed by atoms with Gasteiger partial charge in [0.25, 0.3) is 0 Å². The molecule has 0 aromatic heterocycles. The Bertz CT molecular complexity index is 316. The van der Waals surface area contributed by atoms with Gasteiger partial charge < -0.3 is 5.73 Å². The van der Waals surface area contributed by atoms with Gasteiger partial charge >= 0.3 is 0 Å². The monoisotopic (exact) mass is 409 g/mol. The molecule has 0 saturated heterocycles. The Labute approximate surface area is 184 Å². The van der Waals surface area contributed by atoms with E-state index in [2.05, 4.69) is 6.92 Å². The zero-order chi connectivity index (χ0) is 21.3. The first-order valence-electron chi connectivity index (χ1n) is 13.6. The van der Waals surface area contributed by atoms with Crippen LogP contribution in [0.2, 0.25) is 0 Å². The van der Waals surface area contributed by atoms with Crippen molar-refractivity contribution < 1.29 is 4.79 Å². The Morgan fingerprint density at radius 2 is 0.621 bits per heavy atom. The summed E-state index contributed by atoms with van der Waals surface area (Å²) in [6.45, 7) is 2.30. The van der Waals surface area contributed by atoms with Crippen molar-refractivity contribution in [2.24, 2.45) is 5.73 Å². The molecule has 174 valence electrons.